The van der Waals surface area contributed by atoms with Crippen molar-refractivity contribution in [2.75, 3.05) is 17.2 Å². The van der Waals surface area contributed by atoms with Crippen LogP contribution in [0.15, 0.2) is 64.2 Å². The molecule has 0 N–H and O–H groups in total. The molecule has 0 atom stereocenters. The molecule has 0 spiro atoms. The summed E-state index contributed by atoms with van der Waals surface area (Å²) in [6, 6.07) is 15.3. The SMILES string of the molecule is CCN(C(=O)CSc1nnc(-c2ccc(OC(F)F)cc2)o1)c1ccccc1. The van der Waals surface area contributed by atoms with Crippen LogP contribution in [0.1, 0.15) is 6.92 Å². The van der Waals surface area contributed by atoms with Crippen LogP contribution >= 0.6 is 11.8 Å². The summed E-state index contributed by atoms with van der Waals surface area (Å²) in [5, 5.41) is 8.09. The van der Waals surface area contributed by atoms with Gasteiger partial charge >= 0.3 is 6.61 Å². The highest BCUT2D eigenvalue weighted by molar-refractivity contribution is 7.99. The van der Waals surface area contributed by atoms with Crippen LogP contribution in [0.3, 0.4) is 0 Å². The Morgan fingerprint density at radius 3 is 2.50 bits per heavy atom. The first-order valence-electron chi connectivity index (χ1n) is 8.43. The van der Waals surface area contributed by atoms with Gasteiger partial charge in [-0.15, -0.1) is 10.2 Å². The van der Waals surface area contributed by atoms with Gasteiger partial charge in [0.2, 0.25) is 11.8 Å². The molecule has 0 radical (unpaired) electrons. The molecule has 146 valence electrons. The van der Waals surface area contributed by atoms with Gasteiger partial charge in [0.1, 0.15) is 5.75 Å². The fraction of sp³-hybridized carbons (Fsp3) is 0.211. The molecule has 2 aromatic carbocycles. The third-order valence-electron chi connectivity index (χ3n) is 3.74. The minimum absolute atomic E-state index is 0.0408. The second-order valence-electron chi connectivity index (χ2n) is 5.54. The third kappa shape index (κ3) is 5.07. The molecule has 0 aliphatic rings. The summed E-state index contributed by atoms with van der Waals surface area (Å²) in [5.41, 5.74) is 1.39. The number of benzene rings is 2. The van der Waals surface area contributed by atoms with Crippen LogP contribution in [0.5, 0.6) is 5.75 Å². The Kier molecular flexibility index (Phi) is 6.59. The Hall–Kier alpha value is -2.94. The Morgan fingerprint density at radius 2 is 1.86 bits per heavy atom. The number of hydrogen-bond acceptors (Lipinski definition) is 6. The van der Waals surface area contributed by atoms with Crippen molar-refractivity contribution in [3.63, 3.8) is 0 Å². The van der Waals surface area contributed by atoms with Crippen LogP contribution in [0, 0.1) is 0 Å². The Balaban J connectivity index is 1.60. The molecule has 1 amide bonds. The first-order chi connectivity index (χ1) is 13.6. The average molecular weight is 405 g/mol. The molecule has 9 heteroatoms. The summed E-state index contributed by atoms with van der Waals surface area (Å²) in [5.74, 6) is 0.339. The van der Waals surface area contributed by atoms with Crippen LogP contribution in [0.2, 0.25) is 0 Å². The first-order valence-corrected chi connectivity index (χ1v) is 9.42. The molecule has 0 bridgehead atoms. The zero-order chi connectivity index (χ0) is 19.9. The van der Waals surface area contributed by atoms with Crippen molar-refractivity contribution < 1.29 is 22.7 Å². The van der Waals surface area contributed by atoms with Crippen molar-refractivity contribution in [1.82, 2.24) is 10.2 Å². The lowest BCUT2D eigenvalue weighted by Gasteiger charge is -2.20. The normalized spacial score (nSPS) is 10.9. The van der Waals surface area contributed by atoms with E-state index >= 15 is 0 Å². The second kappa shape index (κ2) is 9.32. The summed E-state index contributed by atoms with van der Waals surface area (Å²) in [4.78, 5) is 14.2. The van der Waals surface area contributed by atoms with E-state index in [9.17, 15) is 13.6 Å². The monoisotopic (exact) mass is 405 g/mol. The number of carbonyl (C=O) groups excluding carboxylic acids is 1. The zero-order valence-corrected chi connectivity index (χ0v) is 15.7. The maximum Gasteiger partial charge on any atom is 0.387 e. The van der Waals surface area contributed by atoms with Crippen LogP contribution in [-0.4, -0.2) is 35.0 Å². The number of carbonyl (C=O) groups is 1. The van der Waals surface area contributed by atoms with Gasteiger partial charge < -0.3 is 14.1 Å². The van der Waals surface area contributed by atoms with Gasteiger partial charge in [-0.1, -0.05) is 30.0 Å². The number of rotatable bonds is 8. The van der Waals surface area contributed by atoms with E-state index in [1.807, 2.05) is 37.3 Å². The molecule has 0 aliphatic heterocycles. The number of hydrogen-bond donors (Lipinski definition) is 0. The van der Waals surface area contributed by atoms with Crippen molar-refractivity contribution in [1.29, 1.82) is 0 Å². The Bertz CT molecular complexity index is 904. The summed E-state index contributed by atoms with van der Waals surface area (Å²) >= 11 is 1.14. The molecule has 0 saturated carbocycles. The molecule has 1 aromatic heterocycles. The van der Waals surface area contributed by atoms with Gasteiger partial charge in [-0.05, 0) is 43.3 Å². The van der Waals surface area contributed by atoms with Crippen LogP contribution in [0.25, 0.3) is 11.5 Å². The molecule has 0 aliphatic carbocycles. The molecule has 28 heavy (non-hydrogen) atoms. The van der Waals surface area contributed by atoms with Crippen LogP contribution in [-0.2, 0) is 4.79 Å². The second-order valence-corrected chi connectivity index (χ2v) is 6.46. The molecule has 0 fully saturated rings. The van der Waals surface area contributed by atoms with E-state index in [1.54, 1.807) is 17.0 Å². The van der Waals surface area contributed by atoms with Gasteiger partial charge in [-0.25, -0.2) is 0 Å². The first kappa shape index (κ1) is 19.8. The highest BCUT2D eigenvalue weighted by atomic mass is 32.2. The van der Waals surface area contributed by atoms with Crippen molar-refractivity contribution in [2.45, 2.75) is 18.8 Å². The minimum Gasteiger partial charge on any atom is -0.435 e. The van der Waals surface area contributed by atoms with Crippen molar-refractivity contribution in [2.24, 2.45) is 0 Å². The Morgan fingerprint density at radius 1 is 1.14 bits per heavy atom. The van der Waals surface area contributed by atoms with E-state index in [0.717, 1.165) is 17.4 Å². The number of ether oxygens (including phenoxy) is 1. The largest absolute Gasteiger partial charge is 0.435 e. The number of halogens is 2. The third-order valence-corrected chi connectivity index (χ3v) is 4.54. The minimum atomic E-state index is -2.88. The lowest BCUT2D eigenvalue weighted by Crippen LogP contribution is -2.32. The molecule has 3 rings (SSSR count). The summed E-state index contributed by atoms with van der Waals surface area (Å²) in [7, 11) is 0. The van der Waals surface area contributed by atoms with E-state index in [-0.39, 0.29) is 28.5 Å². The van der Waals surface area contributed by atoms with Crippen molar-refractivity contribution in [3.05, 3.63) is 54.6 Å². The molecular formula is C19H17F2N3O3S. The molecule has 1 heterocycles. The number of para-hydroxylation sites is 1. The zero-order valence-electron chi connectivity index (χ0n) is 14.9. The van der Waals surface area contributed by atoms with Crippen molar-refractivity contribution >= 4 is 23.4 Å². The molecule has 3 aromatic rings. The smallest absolute Gasteiger partial charge is 0.387 e. The molecule has 6 nitrogen and oxygen atoms in total. The standard InChI is InChI=1S/C19H17F2N3O3S/c1-2-24(14-6-4-3-5-7-14)16(25)12-28-19-23-22-17(27-19)13-8-10-15(11-9-13)26-18(20)21/h3-11,18H,2,12H2,1H3. The van der Waals surface area contributed by atoms with Crippen LogP contribution in [0.4, 0.5) is 14.5 Å². The quantitative estimate of drug-likeness (QED) is 0.515. The fourth-order valence-electron chi connectivity index (χ4n) is 2.48. The lowest BCUT2D eigenvalue weighted by atomic mass is 10.2. The van der Waals surface area contributed by atoms with E-state index in [2.05, 4.69) is 14.9 Å². The predicted molar refractivity (Wildman–Crippen MR) is 102 cm³/mol. The fourth-order valence-corrected chi connectivity index (χ4v) is 3.12. The van der Waals surface area contributed by atoms with E-state index < -0.39 is 6.61 Å². The maximum absolute atomic E-state index is 12.5. The van der Waals surface area contributed by atoms with Gasteiger partial charge in [0, 0.05) is 17.8 Å². The average Bonchev–Trinajstić information content (AvgIpc) is 3.17. The molecule has 0 saturated heterocycles. The van der Waals surface area contributed by atoms with E-state index in [1.165, 1.54) is 12.1 Å². The highest BCUT2D eigenvalue weighted by Gasteiger charge is 2.16. The number of aromatic nitrogens is 2. The van der Waals surface area contributed by atoms with Crippen LogP contribution < -0.4 is 9.64 Å². The summed E-state index contributed by atoms with van der Waals surface area (Å²) in [6.45, 7) is -0.429. The number of anilines is 1. The molecular weight excluding hydrogens is 388 g/mol. The van der Waals surface area contributed by atoms with Gasteiger partial charge in [0.15, 0.2) is 0 Å². The van der Waals surface area contributed by atoms with E-state index in [4.69, 9.17) is 4.42 Å². The number of thioether (sulfide) groups is 1. The topological polar surface area (TPSA) is 68.5 Å². The van der Waals surface area contributed by atoms with E-state index in [0.29, 0.717) is 12.1 Å². The maximum atomic E-state index is 12.5. The van der Waals surface area contributed by atoms with Gasteiger partial charge in [-0.3, -0.25) is 4.79 Å². The van der Waals surface area contributed by atoms with Gasteiger partial charge in [0.05, 0.1) is 5.75 Å². The number of nitrogens with zero attached hydrogens (tertiary/aromatic N) is 3. The molecule has 0 unspecified atom stereocenters. The number of amides is 1. The number of alkyl halides is 2. The predicted octanol–water partition coefficient (Wildman–Crippen LogP) is 4.48. The lowest BCUT2D eigenvalue weighted by molar-refractivity contribution is -0.116. The van der Waals surface area contributed by atoms with Gasteiger partial charge in [-0.2, -0.15) is 8.78 Å². The Labute approximate surface area is 164 Å². The summed E-state index contributed by atoms with van der Waals surface area (Å²) < 4.78 is 34.2. The highest BCUT2D eigenvalue weighted by Crippen LogP contribution is 2.26. The van der Waals surface area contributed by atoms with Gasteiger partial charge in [0.25, 0.3) is 5.22 Å². The van der Waals surface area contributed by atoms with Crippen molar-refractivity contribution in [3.8, 4) is 17.2 Å². The summed E-state index contributed by atoms with van der Waals surface area (Å²) in [6.07, 6.45) is 0.